The van der Waals surface area contributed by atoms with Crippen LogP contribution in [-0.4, -0.2) is 24.8 Å². The average molecular weight is 143 g/mol. The monoisotopic (exact) mass is 143 g/mol. The second-order valence-corrected chi connectivity index (χ2v) is 2.75. The highest BCUT2D eigenvalue weighted by Crippen LogP contribution is 2.03. The highest BCUT2D eigenvalue weighted by molar-refractivity contribution is 7.98. The smallest absolute Gasteiger partial charge is 0.0677 e. The SMILES string of the molecule is C=C[C@H](CCSC)N=C. The molecule has 9 heavy (non-hydrogen) atoms. The Kier molecular flexibility index (Phi) is 5.73. The molecule has 0 aromatic rings. The Hall–Kier alpha value is -0.240. The Balaban J connectivity index is 3.30. The lowest BCUT2D eigenvalue weighted by Gasteiger charge is -2.02. The molecule has 0 rings (SSSR count). The van der Waals surface area contributed by atoms with Crippen molar-refractivity contribution in [3.8, 4) is 0 Å². The number of thioether (sulfide) groups is 1. The van der Waals surface area contributed by atoms with Crippen LogP contribution in [0, 0.1) is 0 Å². The number of rotatable bonds is 5. The molecule has 1 nitrogen and oxygen atoms in total. The molecular formula is C7H13NS. The maximum atomic E-state index is 3.86. The summed E-state index contributed by atoms with van der Waals surface area (Å²) in [7, 11) is 0. The van der Waals surface area contributed by atoms with E-state index in [1.54, 1.807) is 0 Å². The highest BCUT2D eigenvalue weighted by Gasteiger charge is 1.96. The largest absolute Gasteiger partial charge is 0.293 e. The Morgan fingerprint density at radius 1 is 1.78 bits per heavy atom. The zero-order valence-electron chi connectivity index (χ0n) is 5.84. The molecule has 52 valence electrons. The normalized spacial score (nSPS) is 12.6. The van der Waals surface area contributed by atoms with Crippen LogP contribution in [-0.2, 0) is 0 Å². The molecule has 0 spiro atoms. The third-order valence-corrected chi connectivity index (χ3v) is 1.77. The van der Waals surface area contributed by atoms with Crippen molar-refractivity contribution in [3.63, 3.8) is 0 Å². The van der Waals surface area contributed by atoms with Gasteiger partial charge in [-0.1, -0.05) is 6.08 Å². The maximum absolute atomic E-state index is 3.86. The third-order valence-electron chi connectivity index (χ3n) is 1.12. The molecule has 0 saturated heterocycles. The van der Waals surface area contributed by atoms with Crippen LogP contribution in [0.5, 0.6) is 0 Å². The highest BCUT2D eigenvalue weighted by atomic mass is 32.2. The van der Waals surface area contributed by atoms with E-state index >= 15 is 0 Å². The van der Waals surface area contributed by atoms with Gasteiger partial charge in [0, 0.05) is 0 Å². The Bertz CT molecular complexity index is 82.9. The fourth-order valence-electron chi connectivity index (χ4n) is 0.522. The third kappa shape index (κ3) is 4.28. The number of aliphatic imine (C=N–C) groups is 1. The molecule has 0 aliphatic heterocycles. The zero-order chi connectivity index (χ0) is 7.11. The summed E-state index contributed by atoms with van der Waals surface area (Å²) in [6.45, 7) is 7.10. The van der Waals surface area contributed by atoms with Crippen LogP contribution < -0.4 is 0 Å². The lowest BCUT2D eigenvalue weighted by atomic mass is 10.2. The molecule has 0 bridgehead atoms. The van der Waals surface area contributed by atoms with Crippen LogP contribution >= 0.6 is 11.8 Å². The molecule has 0 saturated carbocycles. The summed E-state index contributed by atoms with van der Waals surface area (Å²) in [5, 5.41) is 0. The molecule has 0 aliphatic carbocycles. The summed E-state index contributed by atoms with van der Waals surface area (Å²) >= 11 is 1.83. The maximum Gasteiger partial charge on any atom is 0.0677 e. The van der Waals surface area contributed by atoms with Crippen LogP contribution in [0.15, 0.2) is 17.6 Å². The van der Waals surface area contributed by atoms with Crippen LogP contribution in [0.1, 0.15) is 6.42 Å². The van der Waals surface area contributed by atoms with Crippen molar-refractivity contribution in [3.05, 3.63) is 12.7 Å². The molecule has 0 unspecified atom stereocenters. The lowest BCUT2D eigenvalue weighted by molar-refractivity contribution is 0.801. The van der Waals surface area contributed by atoms with Gasteiger partial charge in [0.1, 0.15) is 0 Å². The van der Waals surface area contributed by atoms with Gasteiger partial charge in [-0.15, -0.1) is 6.58 Å². The van der Waals surface area contributed by atoms with Gasteiger partial charge in [-0.3, -0.25) is 4.99 Å². The molecular weight excluding hydrogens is 130 g/mol. The van der Waals surface area contributed by atoms with E-state index in [4.69, 9.17) is 0 Å². The molecule has 0 aromatic carbocycles. The number of nitrogens with zero attached hydrogens (tertiary/aromatic N) is 1. The van der Waals surface area contributed by atoms with Crippen molar-refractivity contribution < 1.29 is 0 Å². The molecule has 0 fully saturated rings. The second kappa shape index (κ2) is 5.89. The average Bonchev–Trinajstić information content (AvgIpc) is 1.91. The van der Waals surface area contributed by atoms with Crippen molar-refractivity contribution in [1.82, 2.24) is 0 Å². The van der Waals surface area contributed by atoms with E-state index in [0.717, 1.165) is 12.2 Å². The van der Waals surface area contributed by atoms with E-state index in [9.17, 15) is 0 Å². The minimum Gasteiger partial charge on any atom is -0.293 e. The summed E-state index contributed by atoms with van der Waals surface area (Å²) in [6.07, 6.45) is 4.99. The van der Waals surface area contributed by atoms with Crippen LogP contribution in [0.3, 0.4) is 0 Å². The van der Waals surface area contributed by atoms with E-state index in [0.29, 0.717) is 0 Å². The molecule has 1 atom stereocenters. The quantitative estimate of drug-likeness (QED) is 0.423. The van der Waals surface area contributed by atoms with Crippen molar-refractivity contribution in [2.45, 2.75) is 12.5 Å². The van der Waals surface area contributed by atoms with E-state index in [2.05, 4.69) is 24.5 Å². The summed E-state index contributed by atoms with van der Waals surface area (Å²) in [5.41, 5.74) is 0. The molecule has 0 amide bonds. The second-order valence-electron chi connectivity index (χ2n) is 1.77. The lowest BCUT2D eigenvalue weighted by Crippen LogP contribution is -1.99. The minimum absolute atomic E-state index is 0.262. The molecule has 0 radical (unpaired) electrons. The topological polar surface area (TPSA) is 12.4 Å². The van der Waals surface area contributed by atoms with Gasteiger partial charge in [-0.05, 0) is 25.1 Å². The van der Waals surface area contributed by atoms with Crippen molar-refractivity contribution in [1.29, 1.82) is 0 Å². The fraction of sp³-hybridized carbons (Fsp3) is 0.571. The first-order valence-electron chi connectivity index (χ1n) is 2.92. The van der Waals surface area contributed by atoms with E-state index in [1.165, 1.54) is 0 Å². The van der Waals surface area contributed by atoms with Gasteiger partial charge in [-0.25, -0.2) is 0 Å². The summed E-state index contributed by atoms with van der Waals surface area (Å²) in [4.78, 5) is 3.86. The summed E-state index contributed by atoms with van der Waals surface area (Å²) in [5.74, 6) is 1.13. The van der Waals surface area contributed by atoms with Crippen LogP contribution in [0.2, 0.25) is 0 Å². The Morgan fingerprint density at radius 2 is 2.44 bits per heavy atom. The van der Waals surface area contributed by atoms with Gasteiger partial charge in [-0.2, -0.15) is 11.8 Å². The summed E-state index contributed by atoms with van der Waals surface area (Å²) < 4.78 is 0. The Morgan fingerprint density at radius 3 is 2.78 bits per heavy atom. The van der Waals surface area contributed by atoms with Gasteiger partial charge in [0.2, 0.25) is 0 Å². The summed E-state index contributed by atoms with van der Waals surface area (Å²) in [6, 6.07) is 0.262. The van der Waals surface area contributed by atoms with E-state index in [-0.39, 0.29) is 6.04 Å². The molecule has 2 heteroatoms. The number of hydrogen-bond donors (Lipinski definition) is 0. The predicted molar refractivity (Wildman–Crippen MR) is 46.5 cm³/mol. The van der Waals surface area contributed by atoms with Crippen molar-refractivity contribution in [2.24, 2.45) is 4.99 Å². The number of hydrogen-bond acceptors (Lipinski definition) is 2. The Labute approximate surface area is 61.3 Å². The minimum atomic E-state index is 0.262. The van der Waals surface area contributed by atoms with Crippen LogP contribution in [0.4, 0.5) is 0 Å². The van der Waals surface area contributed by atoms with Crippen molar-refractivity contribution in [2.75, 3.05) is 12.0 Å². The van der Waals surface area contributed by atoms with E-state index < -0.39 is 0 Å². The molecule has 0 N–H and O–H groups in total. The first-order chi connectivity index (χ1) is 4.35. The van der Waals surface area contributed by atoms with E-state index in [1.807, 2.05) is 17.8 Å². The predicted octanol–water partition coefficient (Wildman–Crippen LogP) is 1.99. The van der Waals surface area contributed by atoms with Gasteiger partial charge in [0.25, 0.3) is 0 Å². The van der Waals surface area contributed by atoms with Gasteiger partial charge in [0.05, 0.1) is 6.04 Å². The fourth-order valence-corrected chi connectivity index (χ4v) is 0.999. The molecule has 0 heterocycles. The zero-order valence-corrected chi connectivity index (χ0v) is 6.66. The van der Waals surface area contributed by atoms with Gasteiger partial charge in [0.15, 0.2) is 0 Å². The first kappa shape index (κ1) is 8.76. The van der Waals surface area contributed by atoms with Crippen LogP contribution in [0.25, 0.3) is 0 Å². The first-order valence-corrected chi connectivity index (χ1v) is 4.32. The van der Waals surface area contributed by atoms with Gasteiger partial charge < -0.3 is 0 Å². The van der Waals surface area contributed by atoms with Crippen molar-refractivity contribution >= 4 is 18.5 Å². The standard InChI is InChI=1S/C7H13NS/c1-4-7(8-2)5-6-9-3/h4,7H,1-2,5-6H2,3H3/t7-/m1/s1. The van der Waals surface area contributed by atoms with Gasteiger partial charge >= 0.3 is 0 Å². The molecule has 0 aliphatic rings. The molecule has 0 aromatic heterocycles.